The number of rotatable bonds is 3. The Bertz CT molecular complexity index is 396. The number of aryl methyl sites for hydroxylation is 1. The third-order valence-corrected chi connectivity index (χ3v) is 4.15. The zero-order valence-electron chi connectivity index (χ0n) is 10.8. The molecule has 3 heterocycles. The normalized spacial score (nSPS) is 28.1. The summed E-state index contributed by atoms with van der Waals surface area (Å²) >= 11 is 0. The van der Waals surface area contributed by atoms with E-state index < -0.39 is 0 Å². The number of nitrogens with zero attached hydrogens (tertiary/aromatic N) is 2. The highest BCUT2D eigenvalue weighted by atomic mass is 16.5. The lowest BCUT2D eigenvalue weighted by Crippen LogP contribution is -2.19. The minimum Gasteiger partial charge on any atom is -0.396 e. The Hall–Kier alpha value is -0.870. The highest BCUT2D eigenvalue weighted by molar-refractivity contribution is 5.11. The predicted molar refractivity (Wildman–Crippen MR) is 68.5 cm³/mol. The number of hydrogen-bond donors (Lipinski definition) is 1. The Labute approximate surface area is 108 Å². The van der Waals surface area contributed by atoms with E-state index in [4.69, 9.17) is 9.72 Å². The van der Waals surface area contributed by atoms with Gasteiger partial charge >= 0.3 is 0 Å². The van der Waals surface area contributed by atoms with E-state index in [1.807, 2.05) is 0 Å². The summed E-state index contributed by atoms with van der Waals surface area (Å²) in [6, 6.07) is 0. The largest absolute Gasteiger partial charge is 0.396 e. The molecule has 1 fully saturated rings. The zero-order valence-corrected chi connectivity index (χ0v) is 10.8. The zero-order chi connectivity index (χ0) is 12.4. The summed E-state index contributed by atoms with van der Waals surface area (Å²) in [5, 5.41) is 9.40. The van der Waals surface area contributed by atoms with Crippen LogP contribution in [0.15, 0.2) is 6.20 Å². The summed E-state index contributed by atoms with van der Waals surface area (Å²) < 4.78 is 7.76. The van der Waals surface area contributed by atoms with Crippen LogP contribution in [0, 0.1) is 5.92 Å². The molecule has 2 aliphatic rings. The van der Waals surface area contributed by atoms with Gasteiger partial charge in [0, 0.05) is 31.9 Å². The third-order valence-electron chi connectivity index (χ3n) is 4.15. The summed E-state index contributed by atoms with van der Waals surface area (Å²) in [5.41, 5.74) is 1.18. The van der Waals surface area contributed by atoms with Crippen molar-refractivity contribution in [3.05, 3.63) is 17.7 Å². The van der Waals surface area contributed by atoms with Gasteiger partial charge in [-0.3, -0.25) is 0 Å². The van der Waals surface area contributed by atoms with Crippen molar-refractivity contribution in [2.45, 2.75) is 44.6 Å². The molecule has 1 aromatic heterocycles. The van der Waals surface area contributed by atoms with Crippen molar-refractivity contribution >= 4 is 0 Å². The monoisotopic (exact) mass is 250 g/mol. The van der Waals surface area contributed by atoms with Crippen molar-refractivity contribution in [3.8, 4) is 0 Å². The summed E-state index contributed by atoms with van der Waals surface area (Å²) in [6.07, 6.45) is 7.87. The maximum atomic E-state index is 9.40. The topological polar surface area (TPSA) is 47.3 Å². The van der Waals surface area contributed by atoms with Crippen LogP contribution in [-0.4, -0.2) is 34.5 Å². The predicted octanol–water partition coefficient (Wildman–Crippen LogP) is 1.72. The number of hydrogen-bond acceptors (Lipinski definition) is 3. The fourth-order valence-electron chi connectivity index (χ4n) is 3.16. The molecule has 100 valence electrons. The van der Waals surface area contributed by atoms with E-state index in [1.54, 1.807) is 0 Å². The van der Waals surface area contributed by atoms with Crippen LogP contribution in [-0.2, 0) is 17.7 Å². The molecule has 2 unspecified atom stereocenters. The number of ether oxygens (including phenoxy) is 1. The van der Waals surface area contributed by atoms with Crippen LogP contribution in [0.3, 0.4) is 0 Å². The minimum atomic E-state index is 0.225. The SMILES string of the molecule is OCC1CCCn2cc(CC3CCCOC3)nc21. The van der Waals surface area contributed by atoms with Gasteiger partial charge in [-0.2, -0.15) is 0 Å². The van der Waals surface area contributed by atoms with Crippen molar-refractivity contribution < 1.29 is 9.84 Å². The average molecular weight is 250 g/mol. The van der Waals surface area contributed by atoms with Crippen molar-refractivity contribution in [2.75, 3.05) is 19.8 Å². The lowest BCUT2D eigenvalue weighted by molar-refractivity contribution is 0.0547. The number of fused-ring (bicyclic) bond motifs is 1. The number of aliphatic hydroxyl groups excluding tert-OH is 1. The summed E-state index contributed by atoms with van der Waals surface area (Å²) in [5.74, 6) is 1.97. The van der Waals surface area contributed by atoms with E-state index in [0.29, 0.717) is 5.92 Å². The van der Waals surface area contributed by atoms with Crippen LogP contribution in [0.25, 0.3) is 0 Å². The lowest BCUT2D eigenvalue weighted by Gasteiger charge is -2.21. The first kappa shape index (κ1) is 12.2. The van der Waals surface area contributed by atoms with Crippen LogP contribution in [0.2, 0.25) is 0 Å². The highest BCUT2D eigenvalue weighted by Crippen LogP contribution is 2.27. The van der Waals surface area contributed by atoms with Gasteiger partial charge in [0.25, 0.3) is 0 Å². The first-order chi connectivity index (χ1) is 8.86. The van der Waals surface area contributed by atoms with Crippen LogP contribution < -0.4 is 0 Å². The van der Waals surface area contributed by atoms with Crippen molar-refractivity contribution in [3.63, 3.8) is 0 Å². The number of imidazole rings is 1. The molecule has 1 saturated heterocycles. The number of aromatic nitrogens is 2. The Balaban J connectivity index is 1.71. The van der Waals surface area contributed by atoms with Gasteiger partial charge in [-0.1, -0.05) is 0 Å². The Morgan fingerprint density at radius 2 is 2.33 bits per heavy atom. The highest BCUT2D eigenvalue weighted by Gasteiger charge is 2.23. The van der Waals surface area contributed by atoms with Crippen molar-refractivity contribution in [1.82, 2.24) is 9.55 Å². The van der Waals surface area contributed by atoms with Crippen molar-refractivity contribution in [1.29, 1.82) is 0 Å². The Morgan fingerprint density at radius 3 is 3.11 bits per heavy atom. The molecule has 0 aliphatic carbocycles. The maximum absolute atomic E-state index is 9.40. The Kier molecular flexibility index (Phi) is 3.66. The fourth-order valence-corrected chi connectivity index (χ4v) is 3.16. The molecule has 18 heavy (non-hydrogen) atoms. The molecule has 0 saturated carbocycles. The maximum Gasteiger partial charge on any atom is 0.114 e. The second kappa shape index (κ2) is 5.41. The second-order valence-corrected chi connectivity index (χ2v) is 5.59. The van der Waals surface area contributed by atoms with E-state index >= 15 is 0 Å². The van der Waals surface area contributed by atoms with E-state index in [9.17, 15) is 5.11 Å². The van der Waals surface area contributed by atoms with Gasteiger partial charge in [0.15, 0.2) is 0 Å². The number of aliphatic hydroxyl groups is 1. The molecule has 0 bridgehead atoms. The van der Waals surface area contributed by atoms with Gasteiger partial charge in [-0.15, -0.1) is 0 Å². The molecular formula is C14H22N2O2. The van der Waals surface area contributed by atoms with E-state index in [0.717, 1.165) is 44.8 Å². The van der Waals surface area contributed by atoms with Gasteiger partial charge < -0.3 is 14.4 Å². The molecule has 1 aromatic rings. The molecular weight excluding hydrogens is 228 g/mol. The Morgan fingerprint density at radius 1 is 1.39 bits per heavy atom. The average Bonchev–Trinajstić information content (AvgIpc) is 2.82. The molecule has 3 rings (SSSR count). The quantitative estimate of drug-likeness (QED) is 0.888. The molecule has 1 N–H and O–H groups in total. The third kappa shape index (κ3) is 2.45. The molecule has 4 nitrogen and oxygen atoms in total. The van der Waals surface area contributed by atoms with Crippen LogP contribution in [0.1, 0.15) is 43.1 Å². The summed E-state index contributed by atoms with van der Waals surface area (Å²) in [4.78, 5) is 4.74. The van der Waals surface area contributed by atoms with Gasteiger partial charge in [0.1, 0.15) is 5.82 Å². The molecule has 0 aromatic carbocycles. The molecule has 2 atom stereocenters. The molecule has 0 radical (unpaired) electrons. The van der Waals surface area contributed by atoms with Crippen LogP contribution >= 0.6 is 0 Å². The van der Waals surface area contributed by atoms with Crippen LogP contribution in [0.4, 0.5) is 0 Å². The van der Waals surface area contributed by atoms with E-state index in [2.05, 4.69) is 10.8 Å². The van der Waals surface area contributed by atoms with E-state index in [1.165, 1.54) is 18.5 Å². The fraction of sp³-hybridized carbons (Fsp3) is 0.786. The van der Waals surface area contributed by atoms with Gasteiger partial charge in [0.05, 0.1) is 12.3 Å². The van der Waals surface area contributed by atoms with Gasteiger partial charge in [-0.25, -0.2) is 4.98 Å². The molecule has 4 heteroatoms. The van der Waals surface area contributed by atoms with Crippen molar-refractivity contribution in [2.24, 2.45) is 5.92 Å². The van der Waals surface area contributed by atoms with Crippen LogP contribution in [0.5, 0.6) is 0 Å². The minimum absolute atomic E-state index is 0.225. The summed E-state index contributed by atoms with van der Waals surface area (Å²) in [7, 11) is 0. The van der Waals surface area contributed by atoms with Gasteiger partial charge in [0.2, 0.25) is 0 Å². The molecule has 2 aliphatic heterocycles. The van der Waals surface area contributed by atoms with Gasteiger partial charge in [-0.05, 0) is 38.0 Å². The van der Waals surface area contributed by atoms with E-state index in [-0.39, 0.29) is 12.5 Å². The summed E-state index contributed by atoms with van der Waals surface area (Å²) in [6.45, 7) is 3.08. The molecule has 0 spiro atoms. The standard InChI is InChI=1S/C14H22N2O2/c17-9-12-4-1-5-16-8-13(15-14(12)16)7-11-3-2-6-18-10-11/h8,11-12,17H,1-7,9-10H2. The second-order valence-electron chi connectivity index (χ2n) is 5.59. The first-order valence-corrected chi connectivity index (χ1v) is 7.11. The lowest BCUT2D eigenvalue weighted by atomic mass is 9.97. The molecule has 0 amide bonds. The first-order valence-electron chi connectivity index (χ1n) is 7.11. The smallest absolute Gasteiger partial charge is 0.114 e.